The van der Waals surface area contributed by atoms with E-state index in [-0.39, 0.29) is 5.56 Å². The molecule has 0 unspecified atom stereocenters. The molecule has 0 saturated heterocycles. The summed E-state index contributed by atoms with van der Waals surface area (Å²) in [5.41, 5.74) is 1.08. The summed E-state index contributed by atoms with van der Waals surface area (Å²) >= 11 is 0. The summed E-state index contributed by atoms with van der Waals surface area (Å²) in [6, 6.07) is 8.10. The molecule has 1 aromatic carbocycles. The molecule has 20 heavy (non-hydrogen) atoms. The highest BCUT2D eigenvalue weighted by molar-refractivity contribution is 6.04. The fourth-order valence-electron chi connectivity index (χ4n) is 1.63. The maximum atomic E-state index is 13.4. The Balaban J connectivity index is 2.17. The van der Waals surface area contributed by atoms with Crippen LogP contribution in [0.15, 0.2) is 36.5 Å². The lowest BCUT2D eigenvalue weighted by Gasteiger charge is -2.13. The third-order valence-electron chi connectivity index (χ3n) is 2.73. The van der Waals surface area contributed by atoms with Gasteiger partial charge in [0.2, 0.25) is 5.95 Å². The van der Waals surface area contributed by atoms with E-state index in [1.165, 1.54) is 0 Å². The van der Waals surface area contributed by atoms with Crippen LogP contribution in [0.2, 0.25) is 0 Å². The standard InChI is InChI=1S/C14H13F2N3O/c1-19(2)10-5-3-9(4-6-10)18-14(20)11-7-8-17-13(16)12(11)15/h3-8H,1-2H3,(H,18,20). The smallest absolute Gasteiger partial charge is 0.258 e. The van der Waals surface area contributed by atoms with Crippen LogP contribution in [0.1, 0.15) is 10.4 Å². The molecule has 2 rings (SSSR count). The maximum Gasteiger partial charge on any atom is 0.258 e. The summed E-state index contributed by atoms with van der Waals surface area (Å²) in [7, 11) is 3.78. The van der Waals surface area contributed by atoms with E-state index in [0.29, 0.717) is 5.69 Å². The predicted octanol–water partition coefficient (Wildman–Crippen LogP) is 2.68. The largest absolute Gasteiger partial charge is 0.378 e. The Morgan fingerprint density at radius 2 is 1.80 bits per heavy atom. The Hall–Kier alpha value is -2.50. The number of nitrogens with one attached hydrogen (secondary N) is 1. The number of hydrogen-bond donors (Lipinski definition) is 1. The molecule has 0 aliphatic carbocycles. The van der Waals surface area contributed by atoms with Crippen molar-refractivity contribution in [3.63, 3.8) is 0 Å². The van der Waals surface area contributed by atoms with Gasteiger partial charge >= 0.3 is 0 Å². The van der Waals surface area contributed by atoms with Crippen LogP contribution in [0.4, 0.5) is 20.2 Å². The lowest BCUT2D eigenvalue weighted by Crippen LogP contribution is -2.15. The molecule has 0 fully saturated rings. The lowest BCUT2D eigenvalue weighted by atomic mass is 10.2. The third kappa shape index (κ3) is 2.90. The minimum Gasteiger partial charge on any atom is -0.378 e. The molecule has 6 heteroatoms. The summed E-state index contributed by atoms with van der Waals surface area (Å²) in [6.45, 7) is 0. The van der Waals surface area contributed by atoms with Crippen molar-refractivity contribution in [2.75, 3.05) is 24.3 Å². The molecular weight excluding hydrogens is 264 g/mol. The molecule has 1 amide bonds. The van der Waals surface area contributed by atoms with Gasteiger partial charge in [-0.05, 0) is 30.3 Å². The molecule has 1 heterocycles. The van der Waals surface area contributed by atoms with Gasteiger partial charge in [-0.2, -0.15) is 4.39 Å². The Morgan fingerprint density at radius 3 is 2.40 bits per heavy atom. The van der Waals surface area contributed by atoms with Gasteiger partial charge in [-0.25, -0.2) is 9.37 Å². The van der Waals surface area contributed by atoms with Gasteiger partial charge in [0.25, 0.3) is 5.91 Å². The van der Waals surface area contributed by atoms with Crippen molar-refractivity contribution in [2.45, 2.75) is 0 Å². The SMILES string of the molecule is CN(C)c1ccc(NC(=O)c2ccnc(F)c2F)cc1. The van der Waals surface area contributed by atoms with Gasteiger partial charge < -0.3 is 10.2 Å². The summed E-state index contributed by atoms with van der Waals surface area (Å²) in [6.07, 6.45) is 1.04. The average Bonchev–Trinajstić information content (AvgIpc) is 2.42. The minimum atomic E-state index is -1.29. The molecule has 0 aliphatic heterocycles. The number of amides is 1. The van der Waals surface area contributed by atoms with Crippen LogP contribution in [0, 0.1) is 11.8 Å². The number of pyridine rings is 1. The van der Waals surface area contributed by atoms with Crippen LogP contribution < -0.4 is 10.2 Å². The highest BCUT2D eigenvalue weighted by Crippen LogP contribution is 2.17. The number of carbonyl (C=O) groups excluding carboxylic acids is 1. The fourth-order valence-corrected chi connectivity index (χ4v) is 1.63. The van der Waals surface area contributed by atoms with E-state index in [0.717, 1.165) is 18.0 Å². The molecule has 1 aromatic heterocycles. The molecule has 0 radical (unpaired) electrons. The quantitative estimate of drug-likeness (QED) is 0.877. The summed E-state index contributed by atoms with van der Waals surface area (Å²) < 4.78 is 26.4. The first kappa shape index (κ1) is 13.9. The first-order valence-corrected chi connectivity index (χ1v) is 5.88. The zero-order chi connectivity index (χ0) is 14.7. The summed E-state index contributed by atoms with van der Waals surface area (Å²) in [4.78, 5) is 16.9. The average molecular weight is 277 g/mol. The molecule has 104 valence electrons. The molecule has 4 nitrogen and oxygen atoms in total. The first-order chi connectivity index (χ1) is 9.49. The van der Waals surface area contributed by atoms with Crippen LogP contribution in [0.25, 0.3) is 0 Å². The van der Waals surface area contributed by atoms with Gasteiger partial charge in [-0.3, -0.25) is 4.79 Å². The minimum absolute atomic E-state index is 0.380. The van der Waals surface area contributed by atoms with Crippen LogP contribution >= 0.6 is 0 Å². The molecule has 0 saturated carbocycles. The molecule has 0 spiro atoms. The molecule has 0 atom stereocenters. The van der Waals surface area contributed by atoms with E-state index >= 15 is 0 Å². The van der Waals surface area contributed by atoms with Crippen LogP contribution in [0.3, 0.4) is 0 Å². The van der Waals surface area contributed by atoms with Crippen molar-refractivity contribution in [1.29, 1.82) is 0 Å². The van der Waals surface area contributed by atoms with Gasteiger partial charge in [-0.15, -0.1) is 0 Å². The lowest BCUT2D eigenvalue weighted by molar-refractivity contribution is 0.102. The van der Waals surface area contributed by atoms with Gasteiger partial charge in [0, 0.05) is 31.7 Å². The molecule has 0 bridgehead atoms. The molecule has 0 aliphatic rings. The van der Waals surface area contributed by atoms with Crippen molar-refractivity contribution in [1.82, 2.24) is 4.98 Å². The van der Waals surface area contributed by atoms with Crippen molar-refractivity contribution in [3.8, 4) is 0 Å². The number of rotatable bonds is 3. The van der Waals surface area contributed by atoms with Gasteiger partial charge in [0.1, 0.15) is 0 Å². The van der Waals surface area contributed by atoms with E-state index in [1.807, 2.05) is 19.0 Å². The number of nitrogens with zero attached hydrogens (tertiary/aromatic N) is 2. The normalized spacial score (nSPS) is 10.2. The number of carbonyl (C=O) groups is 1. The number of anilines is 2. The van der Waals surface area contributed by atoms with Crippen molar-refractivity contribution in [2.24, 2.45) is 0 Å². The Morgan fingerprint density at radius 1 is 1.15 bits per heavy atom. The van der Waals surface area contributed by atoms with Gasteiger partial charge in [0.05, 0.1) is 5.56 Å². The van der Waals surface area contributed by atoms with E-state index in [2.05, 4.69) is 10.3 Å². The van der Waals surface area contributed by atoms with E-state index in [1.54, 1.807) is 24.3 Å². The van der Waals surface area contributed by atoms with Crippen molar-refractivity contribution in [3.05, 3.63) is 53.9 Å². The summed E-state index contributed by atoms with van der Waals surface area (Å²) in [5, 5.41) is 2.50. The molecule has 2 aromatic rings. The zero-order valence-corrected chi connectivity index (χ0v) is 11.0. The van der Waals surface area contributed by atoms with E-state index < -0.39 is 17.7 Å². The highest BCUT2D eigenvalue weighted by atomic mass is 19.2. The number of aromatic nitrogens is 1. The Bertz CT molecular complexity index is 627. The number of halogens is 2. The third-order valence-corrected chi connectivity index (χ3v) is 2.73. The Labute approximate surface area is 115 Å². The Kier molecular flexibility index (Phi) is 3.93. The monoisotopic (exact) mass is 277 g/mol. The second-order valence-corrected chi connectivity index (χ2v) is 4.36. The second-order valence-electron chi connectivity index (χ2n) is 4.36. The van der Waals surface area contributed by atoms with E-state index in [4.69, 9.17) is 0 Å². The maximum absolute atomic E-state index is 13.4. The van der Waals surface area contributed by atoms with Crippen LogP contribution in [-0.2, 0) is 0 Å². The van der Waals surface area contributed by atoms with Gasteiger partial charge in [-0.1, -0.05) is 0 Å². The highest BCUT2D eigenvalue weighted by Gasteiger charge is 2.16. The van der Waals surface area contributed by atoms with Crippen molar-refractivity contribution < 1.29 is 13.6 Å². The molecular formula is C14H13F2N3O. The predicted molar refractivity (Wildman–Crippen MR) is 72.9 cm³/mol. The van der Waals surface area contributed by atoms with Crippen LogP contribution in [0.5, 0.6) is 0 Å². The van der Waals surface area contributed by atoms with Crippen molar-refractivity contribution >= 4 is 17.3 Å². The fraction of sp³-hybridized carbons (Fsp3) is 0.143. The first-order valence-electron chi connectivity index (χ1n) is 5.88. The number of hydrogen-bond acceptors (Lipinski definition) is 3. The number of benzene rings is 1. The summed E-state index contributed by atoms with van der Waals surface area (Å²) in [5.74, 6) is -3.27. The zero-order valence-electron chi connectivity index (χ0n) is 11.0. The van der Waals surface area contributed by atoms with Crippen LogP contribution in [-0.4, -0.2) is 25.0 Å². The topological polar surface area (TPSA) is 45.2 Å². The second kappa shape index (κ2) is 5.64. The molecule has 1 N–H and O–H groups in total. The van der Waals surface area contributed by atoms with E-state index in [9.17, 15) is 13.6 Å². The van der Waals surface area contributed by atoms with Gasteiger partial charge in [0.15, 0.2) is 5.82 Å².